The molecule has 2 N–H and O–H groups in total. The largest absolute Gasteiger partial charge is 0.370 e. The Hall–Kier alpha value is -1.26. The Balaban J connectivity index is 2.17. The lowest BCUT2D eigenvalue weighted by molar-refractivity contribution is -0.119. The number of hydrogen-bond acceptors (Lipinski definition) is 3. The van der Waals surface area contributed by atoms with Crippen LogP contribution in [0.2, 0.25) is 0 Å². The highest BCUT2D eigenvalue weighted by atomic mass is 16.1. The molecule has 84 valence electrons. The minimum absolute atomic E-state index is 0.206. The maximum atomic E-state index is 10.7. The van der Waals surface area contributed by atoms with Gasteiger partial charge in [0.25, 0.3) is 0 Å². The topological polar surface area (TPSA) is 95.1 Å². The van der Waals surface area contributed by atoms with Crippen molar-refractivity contribution in [3.05, 3.63) is 10.4 Å². The van der Waals surface area contributed by atoms with E-state index in [9.17, 15) is 4.79 Å². The molecule has 1 fully saturated rings. The molecule has 0 aromatic heterocycles. The Morgan fingerprint density at radius 2 is 2.20 bits per heavy atom. The van der Waals surface area contributed by atoms with E-state index in [4.69, 9.17) is 11.3 Å². The van der Waals surface area contributed by atoms with Crippen molar-refractivity contribution in [2.24, 2.45) is 16.8 Å². The SMILES string of the molecule is [N-]=[N+]=NCCN1CCC(CC(N)=O)CC1. The number of primary amides is 1. The fraction of sp³-hybridized carbons (Fsp3) is 0.889. The molecule has 0 atom stereocenters. The summed E-state index contributed by atoms with van der Waals surface area (Å²) >= 11 is 0. The van der Waals surface area contributed by atoms with Gasteiger partial charge in [-0.1, -0.05) is 5.11 Å². The van der Waals surface area contributed by atoms with Crippen molar-refractivity contribution in [3.63, 3.8) is 0 Å². The quantitative estimate of drug-likeness (QED) is 0.415. The van der Waals surface area contributed by atoms with Crippen LogP contribution in [0.25, 0.3) is 10.4 Å². The first-order valence-electron chi connectivity index (χ1n) is 5.24. The highest BCUT2D eigenvalue weighted by Crippen LogP contribution is 2.19. The Kier molecular flexibility index (Phi) is 4.93. The second-order valence-corrected chi connectivity index (χ2v) is 3.91. The number of carbonyl (C=O) groups excluding carboxylic acids is 1. The zero-order valence-electron chi connectivity index (χ0n) is 8.80. The fourth-order valence-corrected chi connectivity index (χ4v) is 1.93. The van der Waals surface area contributed by atoms with Crippen molar-refractivity contribution in [2.45, 2.75) is 19.3 Å². The van der Waals surface area contributed by atoms with Gasteiger partial charge in [-0.3, -0.25) is 4.79 Å². The third-order valence-corrected chi connectivity index (χ3v) is 2.78. The van der Waals surface area contributed by atoms with Crippen LogP contribution in [0.4, 0.5) is 0 Å². The van der Waals surface area contributed by atoms with Crippen LogP contribution in [0, 0.1) is 5.92 Å². The highest BCUT2D eigenvalue weighted by molar-refractivity contribution is 5.73. The number of nitrogens with zero attached hydrogens (tertiary/aromatic N) is 4. The first-order valence-corrected chi connectivity index (χ1v) is 5.24. The van der Waals surface area contributed by atoms with Crippen LogP contribution in [0.15, 0.2) is 5.11 Å². The standard InChI is InChI=1S/C9H17N5O/c10-9(15)7-8-1-4-14(5-2-8)6-3-12-13-11/h8H,1-7H2,(H2,10,15). The summed E-state index contributed by atoms with van der Waals surface area (Å²) in [6.45, 7) is 3.28. The summed E-state index contributed by atoms with van der Waals surface area (Å²) in [6, 6.07) is 0. The van der Waals surface area contributed by atoms with Gasteiger partial charge in [-0.2, -0.15) is 0 Å². The lowest BCUT2D eigenvalue weighted by Crippen LogP contribution is -2.36. The summed E-state index contributed by atoms with van der Waals surface area (Å²) in [7, 11) is 0. The Labute approximate surface area is 89.0 Å². The Morgan fingerprint density at radius 3 is 2.73 bits per heavy atom. The number of likely N-dealkylation sites (tertiary alicyclic amines) is 1. The van der Waals surface area contributed by atoms with Gasteiger partial charge in [-0.15, -0.1) is 0 Å². The Bertz CT molecular complexity index is 253. The average Bonchev–Trinajstić information content (AvgIpc) is 2.20. The highest BCUT2D eigenvalue weighted by Gasteiger charge is 2.19. The van der Waals surface area contributed by atoms with Gasteiger partial charge in [0.05, 0.1) is 0 Å². The van der Waals surface area contributed by atoms with Crippen molar-refractivity contribution >= 4 is 5.91 Å². The van der Waals surface area contributed by atoms with Crippen LogP contribution >= 0.6 is 0 Å². The van der Waals surface area contributed by atoms with Crippen LogP contribution in [0.5, 0.6) is 0 Å². The van der Waals surface area contributed by atoms with Gasteiger partial charge >= 0.3 is 0 Å². The second kappa shape index (κ2) is 6.27. The molecule has 1 amide bonds. The zero-order chi connectivity index (χ0) is 11.1. The van der Waals surface area contributed by atoms with E-state index in [1.807, 2.05) is 0 Å². The van der Waals surface area contributed by atoms with Crippen LogP contribution in [-0.2, 0) is 4.79 Å². The van der Waals surface area contributed by atoms with Gasteiger partial charge in [0.15, 0.2) is 0 Å². The first-order chi connectivity index (χ1) is 7.22. The molecular weight excluding hydrogens is 194 g/mol. The minimum atomic E-state index is -0.206. The molecule has 0 radical (unpaired) electrons. The number of hydrogen-bond donors (Lipinski definition) is 1. The second-order valence-electron chi connectivity index (χ2n) is 3.91. The van der Waals surface area contributed by atoms with E-state index >= 15 is 0 Å². The molecule has 0 aliphatic carbocycles. The molecule has 0 aromatic carbocycles. The number of azide groups is 1. The van der Waals surface area contributed by atoms with Crippen molar-refractivity contribution in [1.29, 1.82) is 0 Å². The molecule has 1 aliphatic rings. The van der Waals surface area contributed by atoms with Crippen molar-refractivity contribution < 1.29 is 4.79 Å². The molecule has 1 rings (SSSR count). The minimum Gasteiger partial charge on any atom is -0.370 e. The van der Waals surface area contributed by atoms with Gasteiger partial charge in [0.1, 0.15) is 0 Å². The molecule has 6 heteroatoms. The number of piperidine rings is 1. The van der Waals surface area contributed by atoms with Gasteiger partial charge in [0.2, 0.25) is 5.91 Å². The summed E-state index contributed by atoms with van der Waals surface area (Å²) in [6.07, 6.45) is 2.53. The molecule has 0 aromatic rings. The molecule has 1 aliphatic heterocycles. The van der Waals surface area contributed by atoms with E-state index in [1.165, 1.54) is 0 Å². The van der Waals surface area contributed by atoms with Crippen LogP contribution < -0.4 is 5.73 Å². The Morgan fingerprint density at radius 1 is 1.53 bits per heavy atom. The maximum absolute atomic E-state index is 10.7. The van der Waals surface area contributed by atoms with Gasteiger partial charge in [-0.25, -0.2) is 0 Å². The summed E-state index contributed by atoms with van der Waals surface area (Å²) in [4.78, 5) is 15.7. The van der Waals surface area contributed by atoms with E-state index in [-0.39, 0.29) is 5.91 Å². The van der Waals surface area contributed by atoms with E-state index < -0.39 is 0 Å². The lowest BCUT2D eigenvalue weighted by Gasteiger charge is -2.30. The molecule has 0 bridgehead atoms. The number of amides is 1. The first kappa shape index (κ1) is 11.8. The molecule has 0 spiro atoms. The van der Waals surface area contributed by atoms with Gasteiger partial charge < -0.3 is 10.6 Å². The summed E-state index contributed by atoms with van der Waals surface area (Å²) in [5, 5.41) is 3.50. The fourth-order valence-electron chi connectivity index (χ4n) is 1.93. The lowest BCUT2D eigenvalue weighted by atomic mass is 9.93. The van der Waals surface area contributed by atoms with Crippen molar-refractivity contribution in [3.8, 4) is 0 Å². The number of carbonyl (C=O) groups is 1. The number of rotatable bonds is 5. The molecule has 0 saturated carbocycles. The third-order valence-electron chi connectivity index (χ3n) is 2.78. The normalized spacial score (nSPS) is 18.4. The molecule has 0 unspecified atom stereocenters. The maximum Gasteiger partial charge on any atom is 0.217 e. The van der Waals surface area contributed by atoms with Crippen LogP contribution in [-0.4, -0.2) is 37.0 Å². The molecule has 6 nitrogen and oxygen atoms in total. The van der Waals surface area contributed by atoms with E-state index in [0.29, 0.717) is 18.9 Å². The summed E-state index contributed by atoms with van der Waals surface area (Å²) < 4.78 is 0. The molecule has 1 heterocycles. The van der Waals surface area contributed by atoms with Crippen LogP contribution in [0.3, 0.4) is 0 Å². The summed E-state index contributed by atoms with van der Waals surface area (Å²) in [5.41, 5.74) is 13.3. The summed E-state index contributed by atoms with van der Waals surface area (Å²) in [5.74, 6) is 0.237. The van der Waals surface area contributed by atoms with Gasteiger partial charge in [0, 0.05) is 24.4 Å². The van der Waals surface area contributed by atoms with Gasteiger partial charge in [-0.05, 0) is 37.4 Å². The van der Waals surface area contributed by atoms with Crippen molar-refractivity contribution in [1.82, 2.24) is 4.90 Å². The zero-order valence-corrected chi connectivity index (χ0v) is 8.80. The number of nitrogens with two attached hydrogens (primary N) is 1. The predicted octanol–water partition coefficient (Wildman–Crippen LogP) is 0.884. The third kappa shape index (κ3) is 4.67. The van der Waals surface area contributed by atoms with E-state index in [1.54, 1.807) is 0 Å². The van der Waals surface area contributed by atoms with Crippen molar-refractivity contribution in [2.75, 3.05) is 26.2 Å². The molecule has 1 saturated heterocycles. The molecule has 15 heavy (non-hydrogen) atoms. The monoisotopic (exact) mass is 211 g/mol. The predicted molar refractivity (Wildman–Crippen MR) is 57.0 cm³/mol. The van der Waals surface area contributed by atoms with E-state index in [2.05, 4.69) is 14.9 Å². The molecular formula is C9H17N5O. The van der Waals surface area contributed by atoms with Crippen LogP contribution in [0.1, 0.15) is 19.3 Å². The van der Waals surface area contributed by atoms with E-state index in [0.717, 1.165) is 32.5 Å². The average molecular weight is 211 g/mol. The smallest absolute Gasteiger partial charge is 0.217 e.